The van der Waals surface area contributed by atoms with Gasteiger partial charge in [-0.1, -0.05) is 23.8 Å². The smallest absolute Gasteiger partial charge is 0.321 e. The van der Waals surface area contributed by atoms with Crippen molar-refractivity contribution in [2.75, 3.05) is 0 Å². The van der Waals surface area contributed by atoms with Gasteiger partial charge in [-0.2, -0.15) is 0 Å². The second-order valence-electron chi connectivity index (χ2n) is 5.53. The quantitative estimate of drug-likeness (QED) is 0.446. The van der Waals surface area contributed by atoms with Crippen molar-refractivity contribution in [1.29, 1.82) is 0 Å². The molecule has 0 unspecified atom stereocenters. The highest BCUT2D eigenvalue weighted by Gasteiger charge is 2.43. The van der Waals surface area contributed by atoms with Crippen molar-refractivity contribution in [3.05, 3.63) is 41.0 Å². The summed E-state index contributed by atoms with van der Waals surface area (Å²) in [6.07, 6.45) is 0.743. The fraction of sp³-hybridized carbons (Fsp3) is 0.250. The molecule has 0 spiro atoms. The zero-order chi connectivity index (χ0) is 13.8. The Morgan fingerprint density at radius 3 is 2.63 bits per heavy atom. The molecular weight excluding hydrogens is 240 g/mol. The van der Waals surface area contributed by atoms with Gasteiger partial charge in [0, 0.05) is 5.56 Å². The molecule has 0 aromatic heterocycles. The lowest BCUT2D eigenvalue weighted by Gasteiger charge is -2.16. The van der Waals surface area contributed by atoms with Gasteiger partial charge < -0.3 is 4.74 Å². The first-order valence-electron chi connectivity index (χ1n) is 6.20. The minimum Gasteiger partial charge on any atom is -0.425 e. The maximum atomic E-state index is 12.0. The Hall–Kier alpha value is -2.16. The molecule has 2 aromatic carbocycles. The van der Waals surface area contributed by atoms with E-state index in [1.165, 1.54) is 0 Å². The van der Waals surface area contributed by atoms with Gasteiger partial charge in [0.25, 0.3) is 0 Å². The summed E-state index contributed by atoms with van der Waals surface area (Å²) in [6, 6.07) is 7.77. The van der Waals surface area contributed by atoms with Gasteiger partial charge in [0.05, 0.1) is 11.0 Å². The summed E-state index contributed by atoms with van der Waals surface area (Å²) in [7, 11) is 0. The van der Waals surface area contributed by atoms with Crippen LogP contribution in [0.25, 0.3) is 10.8 Å². The Balaban J connectivity index is 2.51. The monoisotopic (exact) mass is 254 g/mol. The van der Waals surface area contributed by atoms with Crippen LogP contribution >= 0.6 is 0 Å². The summed E-state index contributed by atoms with van der Waals surface area (Å²) in [5.41, 5.74) is 1.65. The first kappa shape index (κ1) is 11.9. The predicted octanol–water partition coefficient (Wildman–Crippen LogP) is 3.16. The minimum absolute atomic E-state index is 0.306. The van der Waals surface area contributed by atoms with Gasteiger partial charge in [0.2, 0.25) is 0 Å². The van der Waals surface area contributed by atoms with Gasteiger partial charge in [0.15, 0.2) is 6.29 Å². The van der Waals surface area contributed by atoms with E-state index >= 15 is 0 Å². The molecule has 0 bridgehead atoms. The molecule has 1 heterocycles. The van der Waals surface area contributed by atoms with Gasteiger partial charge in [-0.25, -0.2) is 0 Å². The van der Waals surface area contributed by atoms with E-state index in [1.807, 2.05) is 39.0 Å². The van der Waals surface area contributed by atoms with E-state index in [4.69, 9.17) is 4.74 Å². The van der Waals surface area contributed by atoms with Crippen molar-refractivity contribution < 1.29 is 14.3 Å². The molecule has 96 valence electrons. The molecule has 3 heteroatoms. The van der Waals surface area contributed by atoms with Crippen molar-refractivity contribution in [3.63, 3.8) is 0 Å². The number of fused-ring (bicyclic) bond motifs is 3. The third-order valence-electron chi connectivity index (χ3n) is 3.74. The molecule has 0 aliphatic carbocycles. The molecule has 1 aliphatic rings. The van der Waals surface area contributed by atoms with Crippen LogP contribution in [0.15, 0.2) is 24.3 Å². The molecule has 0 radical (unpaired) electrons. The average molecular weight is 254 g/mol. The first-order valence-corrected chi connectivity index (χ1v) is 6.20. The molecule has 19 heavy (non-hydrogen) atoms. The van der Waals surface area contributed by atoms with Gasteiger partial charge in [-0.3, -0.25) is 9.59 Å². The third kappa shape index (κ3) is 1.51. The number of esters is 1. The van der Waals surface area contributed by atoms with Crippen LogP contribution in [0.4, 0.5) is 0 Å². The SMILES string of the molecule is Cc1ccc2cc(C=O)c3c(c2c1)C(C)(C)C(=O)O3. The van der Waals surface area contributed by atoms with Crippen molar-refractivity contribution in [1.82, 2.24) is 0 Å². The zero-order valence-electron chi connectivity index (χ0n) is 11.1. The molecule has 3 nitrogen and oxygen atoms in total. The standard InChI is InChI=1S/C16H14O3/c1-9-4-5-10-7-11(8-17)14-13(12(10)6-9)16(2,3)15(18)19-14/h4-8H,1-3H3. The van der Waals surface area contributed by atoms with E-state index in [1.54, 1.807) is 6.07 Å². The van der Waals surface area contributed by atoms with Gasteiger partial charge in [-0.15, -0.1) is 0 Å². The van der Waals surface area contributed by atoms with Crippen LogP contribution in [0.1, 0.15) is 35.3 Å². The molecule has 2 aromatic rings. The number of rotatable bonds is 1. The highest BCUT2D eigenvalue weighted by atomic mass is 16.5. The van der Waals surface area contributed by atoms with E-state index in [0.717, 1.165) is 28.2 Å². The fourth-order valence-corrected chi connectivity index (χ4v) is 2.65. The molecule has 3 rings (SSSR count). The lowest BCUT2D eigenvalue weighted by molar-refractivity contribution is -0.137. The molecule has 0 fully saturated rings. The van der Waals surface area contributed by atoms with Crippen LogP contribution in [0.2, 0.25) is 0 Å². The average Bonchev–Trinajstić information content (AvgIpc) is 2.60. The summed E-state index contributed by atoms with van der Waals surface area (Å²) in [5, 5.41) is 1.94. The van der Waals surface area contributed by atoms with Crippen LogP contribution in [-0.4, -0.2) is 12.3 Å². The maximum Gasteiger partial charge on any atom is 0.321 e. The Morgan fingerprint density at radius 2 is 1.95 bits per heavy atom. The predicted molar refractivity (Wildman–Crippen MR) is 72.7 cm³/mol. The van der Waals surface area contributed by atoms with Gasteiger partial charge in [0.1, 0.15) is 5.75 Å². The second kappa shape index (κ2) is 3.67. The Bertz CT molecular complexity index is 726. The van der Waals surface area contributed by atoms with Gasteiger partial charge in [-0.05, 0) is 37.6 Å². The number of carbonyl (C=O) groups is 2. The molecule has 0 amide bonds. The van der Waals surface area contributed by atoms with Crippen molar-refractivity contribution >= 4 is 23.0 Å². The summed E-state index contributed by atoms with van der Waals surface area (Å²) < 4.78 is 5.32. The Kier molecular flexibility index (Phi) is 2.30. The second-order valence-corrected chi connectivity index (χ2v) is 5.53. The molecule has 0 saturated heterocycles. The number of aryl methyl sites for hydroxylation is 1. The van der Waals surface area contributed by atoms with Crippen LogP contribution in [0.5, 0.6) is 5.75 Å². The van der Waals surface area contributed by atoms with Crippen molar-refractivity contribution in [2.45, 2.75) is 26.2 Å². The lowest BCUT2D eigenvalue weighted by Crippen LogP contribution is -2.26. The fourth-order valence-electron chi connectivity index (χ4n) is 2.65. The van der Waals surface area contributed by atoms with E-state index in [9.17, 15) is 9.59 Å². The van der Waals surface area contributed by atoms with Crippen LogP contribution < -0.4 is 4.74 Å². The summed E-state index contributed by atoms with van der Waals surface area (Å²) in [5.74, 6) is 0.114. The normalized spacial score (nSPS) is 16.3. The highest BCUT2D eigenvalue weighted by molar-refractivity contribution is 6.04. The van der Waals surface area contributed by atoms with Crippen LogP contribution in [0.3, 0.4) is 0 Å². The first-order chi connectivity index (χ1) is 8.95. The summed E-state index contributed by atoms with van der Waals surface area (Å²) in [6.45, 7) is 5.67. The van der Waals surface area contributed by atoms with E-state index in [0.29, 0.717) is 11.3 Å². The van der Waals surface area contributed by atoms with E-state index in [2.05, 4.69) is 0 Å². The maximum absolute atomic E-state index is 12.0. The van der Waals surface area contributed by atoms with Crippen LogP contribution in [0, 0.1) is 6.92 Å². The molecule has 0 atom stereocenters. The minimum atomic E-state index is -0.722. The Labute approximate surface area is 111 Å². The number of hydrogen-bond donors (Lipinski definition) is 0. The molecule has 0 saturated carbocycles. The molecular formula is C16H14O3. The number of aldehydes is 1. The van der Waals surface area contributed by atoms with Crippen LogP contribution in [-0.2, 0) is 10.2 Å². The number of ether oxygens (including phenoxy) is 1. The summed E-state index contributed by atoms with van der Waals surface area (Å²) >= 11 is 0. The van der Waals surface area contributed by atoms with Crippen molar-refractivity contribution in [2.24, 2.45) is 0 Å². The zero-order valence-corrected chi connectivity index (χ0v) is 11.1. The highest BCUT2D eigenvalue weighted by Crippen LogP contribution is 2.45. The van der Waals surface area contributed by atoms with Crippen molar-refractivity contribution in [3.8, 4) is 5.75 Å². The van der Waals surface area contributed by atoms with Gasteiger partial charge >= 0.3 is 5.97 Å². The number of carbonyl (C=O) groups excluding carboxylic acids is 2. The largest absolute Gasteiger partial charge is 0.425 e. The van der Waals surface area contributed by atoms with E-state index < -0.39 is 5.41 Å². The topological polar surface area (TPSA) is 43.4 Å². The molecule has 0 N–H and O–H groups in total. The summed E-state index contributed by atoms with van der Waals surface area (Å²) in [4.78, 5) is 23.2. The molecule has 1 aliphatic heterocycles. The Morgan fingerprint density at radius 1 is 1.21 bits per heavy atom. The number of hydrogen-bond acceptors (Lipinski definition) is 3. The third-order valence-corrected chi connectivity index (χ3v) is 3.74. The lowest BCUT2D eigenvalue weighted by atomic mass is 9.82. The number of benzene rings is 2. The van der Waals surface area contributed by atoms with E-state index in [-0.39, 0.29) is 5.97 Å².